The number of aryl methyl sites for hydroxylation is 1. The monoisotopic (exact) mass is 536 g/mol. The second-order valence-corrected chi connectivity index (χ2v) is 7.71. The molecule has 14 heteroatoms. The average Bonchev–Trinajstić information content (AvgIpc) is 2.75. The molecule has 3 N–H and O–H groups in total. The average molecular weight is 537 g/mol. The molecule has 0 fully saturated rings. The fraction of sp³-hybridized carbons (Fsp3) is 0.474. The quantitative estimate of drug-likeness (QED) is 0.392. The molecule has 0 aromatic carbocycles. The van der Waals surface area contributed by atoms with E-state index in [9.17, 15) is 9.59 Å². The van der Waals surface area contributed by atoms with E-state index in [4.69, 9.17) is 28.3 Å². The number of anilines is 2. The van der Waals surface area contributed by atoms with E-state index in [1.54, 1.807) is 6.20 Å². The van der Waals surface area contributed by atoms with Crippen molar-refractivity contribution in [2.24, 2.45) is 0 Å². The smallest absolute Gasteiger partial charge is 0.308 e. The Kier molecular flexibility index (Phi) is 12.2. The van der Waals surface area contributed by atoms with E-state index in [0.29, 0.717) is 17.4 Å². The summed E-state index contributed by atoms with van der Waals surface area (Å²) >= 11 is 11.3. The molecule has 2 aliphatic rings. The summed E-state index contributed by atoms with van der Waals surface area (Å²) in [6.45, 7) is 0.200. The van der Waals surface area contributed by atoms with Crippen LogP contribution in [0, 0.1) is 0 Å². The number of fused-ring (bicyclic) bond motifs is 2. The molecule has 4 rings (SSSR count). The van der Waals surface area contributed by atoms with E-state index in [1.165, 1.54) is 13.3 Å². The van der Waals surface area contributed by atoms with Crippen molar-refractivity contribution in [2.45, 2.75) is 44.2 Å². The number of aliphatic hydroxyl groups is 1. The number of nitrogens with zero attached hydrogens (tertiary/aromatic N) is 4. The Morgan fingerprint density at radius 2 is 1.73 bits per heavy atom. The highest BCUT2D eigenvalue weighted by Crippen LogP contribution is 2.24. The number of ketones is 1. The maximum Gasteiger partial charge on any atom is 0.308 e. The van der Waals surface area contributed by atoms with Gasteiger partial charge in [-0.3, -0.25) is 9.59 Å². The molecule has 0 radical (unpaired) electrons. The molecule has 2 aliphatic heterocycles. The van der Waals surface area contributed by atoms with Crippen molar-refractivity contribution in [1.82, 2.24) is 19.9 Å². The first kappa shape index (κ1) is 29.2. The van der Waals surface area contributed by atoms with E-state index in [0.717, 1.165) is 30.6 Å². The summed E-state index contributed by atoms with van der Waals surface area (Å²) in [5.74, 6) is 0.779. The molecule has 0 unspecified atom stereocenters. The molecule has 0 aliphatic carbocycles. The predicted octanol–water partition coefficient (Wildman–Crippen LogP) is 2.06. The summed E-state index contributed by atoms with van der Waals surface area (Å²) in [5, 5.41) is 15.3. The molecule has 2 aromatic heterocycles. The second-order valence-electron chi connectivity index (χ2n) is 7.04. The Hall–Kier alpha value is -1.86. The van der Waals surface area contributed by atoms with E-state index in [2.05, 4.69) is 35.3 Å². The van der Waals surface area contributed by atoms with Crippen molar-refractivity contribution in [1.29, 1.82) is 0 Å². The van der Waals surface area contributed by atoms with Crippen molar-refractivity contribution in [3.63, 3.8) is 0 Å². The molecule has 0 saturated carbocycles. The number of Topliss-reactive ketones (excluding diaryl/α,β-unsaturated/α-hetero) is 1. The first-order chi connectivity index (χ1) is 14.9. The molecule has 182 valence electrons. The SMILES string of the molecule is COC(=O)C[C@@H]1Nc2nc(Cl)ncc2CC1=O.OCC[C@H]1CCc2cnc(Cl)nc2N1.S.S. The number of carbonyl (C=O) groups is 2. The molecule has 0 amide bonds. The lowest BCUT2D eigenvalue weighted by atomic mass is 9.98. The van der Waals surface area contributed by atoms with Gasteiger partial charge in [-0.15, -0.1) is 0 Å². The summed E-state index contributed by atoms with van der Waals surface area (Å²) in [6, 6.07) is -0.306. The number of ether oxygens (including phenoxy) is 1. The zero-order chi connectivity index (χ0) is 22.4. The highest BCUT2D eigenvalue weighted by atomic mass is 35.5. The first-order valence-corrected chi connectivity index (χ1v) is 10.4. The Morgan fingerprint density at radius 3 is 2.33 bits per heavy atom. The Balaban J connectivity index is 0.000000316. The van der Waals surface area contributed by atoms with Gasteiger partial charge in [0.05, 0.1) is 19.6 Å². The molecule has 10 nitrogen and oxygen atoms in total. The number of hydrogen-bond donors (Lipinski definition) is 3. The molecule has 33 heavy (non-hydrogen) atoms. The number of esters is 1. The number of aliphatic hydroxyl groups excluding tert-OH is 1. The fourth-order valence-corrected chi connectivity index (χ4v) is 3.54. The van der Waals surface area contributed by atoms with Crippen LogP contribution in [0.4, 0.5) is 11.6 Å². The minimum atomic E-state index is -0.610. The van der Waals surface area contributed by atoms with Gasteiger partial charge >= 0.3 is 5.97 Å². The van der Waals surface area contributed by atoms with Gasteiger partial charge in [0.2, 0.25) is 10.6 Å². The lowest BCUT2D eigenvalue weighted by molar-refractivity contribution is -0.142. The number of halogens is 2. The Labute approximate surface area is 215 Å². The van der Waals surface area contributed by atoms with E-state index in [-0.39, 0.29) is 62.8 Å². The topological polar surface area (TPSA) is 139 Å². The molecule has 2 aromatic rings. The van der Waals surface area contributed by atoms with Gasteiger partial charge in [0.1, 0.15) is 11.6 Å². The maximum absolute atomic E-state index is 11.7. The van der Waals surface area contributed by atoms with Crippen LogP contribution in [0.3, 0.4) is 0 Å². The highest BCUT2D eigenvalue weighted by molar-refractivity contribution is 7.59. The number of hydrogen-bond acceptors (Lipinski definition) is 10. The van der Waals surface area contributed by atoms with Crippen LogP contribution >= 0.6 is 50.2 Å². The van der Waals surface area contributed by atoms with E-state index in [1.807, 2.05) is 0 Å². The Morgan fingerprint density at radius 1 is 1.12 bits per heavy atom. The van der Waals surface area contributed by atoms with Crippen LogP contribution in [0.15, 0.2) is 12.4 Å². The molecule has 0 saturated heterocycles. The summed E-state index contributed by atoms with van der Waals surface area (Å²) < 4.78 is 4.52. The van der Waals surface area contributed by atoms with Crippen molar-refractivity contribution in [3.8, 4) is 0 Å². The zero-order valence-electron chi connectivity index (χ0n) is 17.8. The van der Waals surface area contributed by atoms with E-state index >= 15 is 0 Å². The third-order valence-corrected chi connectivity index (χ3v) is 5.28. The Bertz CT molecular complexity index is 972. The van der Waals surface area contributed by atoms with Crippen LogP contribution < -0.4 is 10.6 Å². The molecular formula is C19H26Cl2N6O4S2. The van der Waals surface area contributed by atoms with Gasteiger partial charge in [0.25, 0.3) is 0 Å². The lowest BCUT2D eigenvalue weighted by Crippen LogP contribution is -2.38. The minimum absolute atomic E-state index is 0. The van der Waals surface area contributed by atoms with Crippen LogP contribution in [0.5, 0.6) is 0 Å². The molecular weight excluding hydrogens is 511 g/mol. The van der Waals surface area contributed by atoms with Crippen LogP contribution in [0.1, 0.15) is 30.4 Å². The zero-order valence-corrected chi connectivity index (χ0v) is 21.3. The van der Waals surface area contributed by atoms with Crippen molar-refractivity contribution in [2.75, 3.05) is 24.4 Å². The molecule has 0 spiro atoms. The van der Waals surface area contributed by atoms with Gasteiger partial charge < -0.3 is 20.5 Å². The first-order valence-electron chi connectivity index (χ1n) is 9.66. The number of nitrogens with one attached hydrogen (secondary N) is 2. The summed E-state index contributed by atoms with van der Waals surface area (Å²) in [7, 11) is 1.28. The third-order valence-electron chi connectivity index (χ3n) is 4.91. The van der Waals surface area contributed by atoms with Crippen molar-refractivity contribution >= 4 is 73.6 Å². The summed E-state index contributed by atoms with van der Waals surface area (Å²) in [5.41, 5.74) is 1.78. The fourth-order valence-electron chi connectivity index (χ4n) is 3.27. The molecule has 2 atom stereocenters. The van der Waals surface area contributed by atoms with Gasteiger partial charge in [-0.05, 0) is 42.5 Å². The molecule has 4 heterocycles. The van der Waals surface area contributed by atoms with Gasteiger partial charge in [-0.2, -0.15) is 27.0 Å². The van der Waals surface area contributed by atoms with Crippen LogP contribution in [0.2, 0.25) is 10.6 Å². The minimum Gasteiger partial charge on any atom is -0.469 e. The standard InChI is InChI=1S/C10H10ClN3O3.C9H12ClN3O.2H2S/c1-17-8(16)3-6-7(15)2-5-4-12-10(11)14-9(5)13-6;10-9-11-5-6-1-2-7(3-4-14)12-8(6)13-9;;/h4,6H,2-3H2,1H3,(H,12,13,14);5,7,14H,1-4H2,(H,11,12,13);2*1H2/t6-;7-;;/m01../s1. The lowest BCUT2D eigenvalue weighted by Gasteiger charge is -2.25. The number of rotatable bonds is 4. The van der Waals surface area contributed by atoms with Crippen LogP contribution in [0.25, 0.3) is 0 Å². The van der Waals surface area contributed by atoms with Crippen molar-refractivity contribution < 1.29 is 19.4 Å². The maximum atomic E-state index is 11.7. The highest BCUT2D eigenvalue weighted by Gasteiger charge is 2.29. The summed E-state index contributed by atoms with van der Waals surface area (Å²) in [4.78, 5) is 38.7. The number of aromatic nitrogens is 4. The predicted molar refractivity (Wildman–Crippen MR) is 135 cm³/mol. The van der Waals surface area contributed by atoms with Crippen molar-refractivity contribution in [3.05, 3.63) is 34.1 Å². The van der Waals surface area contributed by atoms with Gasteiger partial charge in [0, 0.05) is 42.6 Å². The number of methoxy groups -OCH3 is 1. The third kappa shape index (κ3) is 8.14. The van der Waals surface area contributed by atoms with E-state index < -0.39 is 12.0 Å². The van der Waals surface area contributed by atoms with Gasteiger partial charge in [-0.25, -0.2) is 19.9 Å². The molecule has 0 bridgehead atoms. The second kappa shape index (κ2) is 13.8. The van der Waals surface area contributed by atoms with Crippen LogP contribution in [-0.4, -0.2) is 62.6 Å². The summed E-state index contributed by atoms with van der Waals surface area (Å²) in [6.07, 6.45) is 6.15. The van der Waals surface area contributed by atoms with Gasteiger partial charge in [0.15, 0.2) is 5.78 Å². The largest absolute Gasteiger partial charge is 0.469 e. The van der Waals surface area contributed by atoms with Gasteiger partial charge in [-0.1, -0.05) is 0 Å². The normalized spacial score (nSPS) is 17.9. The van der Waals surface area contributed by atoms with Crippen LogP contribution in [-0.2, 0) is 27.2 Å². The number of carbonyl (C=O) groups excluding carboxylic acids is 2.